The van der Waals surface area contributed by atoms with Crippen LogP contribution in [0.2, 0.25) is 0 Å². The van der Waals surface area contributed by atoms with Gasteiger partial charge in [0.2, 0.25) is 0 Å². The molecule has 1 saturated heterocycles. The Morgan fingerprint density at radius 1 is 1.20 bits per heavy atom. The number of ether oxygens (including phenoxy) is 1. The summed E-state index contributed by atoms with van der Waals surface area (Å²) in [5.41, 5.74) is 0.560. The molecular formula is C17H15F3N2OS2. The summed E-state index contributed by atoms with van der Waals surface area (Å²) in [7, 11) is 1.57. The minimum atomic E-state index is -0.938. The van der Waals surface area contributed by atoms with Crippen LogP contribution in [0, 0.1) is 17.5 Å². The minimum Gasteiger partial charge on any atom is -0.497 e. The molecule has 1 N–H and O–H groups in total. The summed E-state index contributed by atoms with van der Waals surface area (Å²) >= 11 is 6.76. The summed E-state index contributed by atoms with van der Waals surface area (Å²) in [5.74, 6) is -1.39. The zero-order valence-electron chi connectivity index (χ0n) is 13.3. The highest BCUT2D eigenvalue weighted by atomic mass is 32.2. The smallest absolute Gasteiger partial charge is 0.174 e. The number of benzene rings is 2. The van der Waals surface area contributed by atoms with Crippen LogP contribution in [0.4, 0.5) is 18.9 Å². The first-order valence-corrected chi connectivity index (χ1v) is 8.93. The molecule has 0 aliphatic carbocycles. The highest BCUT2D eigenvalue weighted by molar-refractivity contribution is 7.99. The predicted molar refractivity (Wildman–Crippen MR) is 97.4 cm³/mol. The van der Waals surface area contributed by atoms with Crippen LogP contribution in [0.5, 0.6) is 5.75 Å². The van der Waals surface area contributed by atoms with E-state index in [0.717, 1.165) is 5.69 Å². The van der Waals surface area contributed by atoms with Gasteiger partial charge in [0.15, 0.2) is 5.11 Å². The number of hydrogen-bond donors (Lipinski definition) is 1. The van der Waals surface area contributed by atoms with Gasteiger partial charge in [-0.2, -0.15) is 0 Å². The molecule has 0 unspecified atom stereocenters. The number of nitrogens with zero attached hydrogens (tertiary/aromatic N) is 1. The second-order valence-electron chi connectivity index (χ2n) is 5.36. The lowest BCUT2D eigenvalue weighted by Gasteiger charge is -2.27. The van der Waals surface area contributed by atoms with Crippen molar-refractivity contribution in [3.8, 4) is 5.75 Å². The summed E-state index contributed by atoms with van der Waals surface area (Å²) in [6.07, 6.45) is 0. The molecule has 0 amide bonds. The van der Waals surface area contributed by atoms with Crippen LogP contribution < -0.4 is 10.1 Å². The molecule has 1 aliphatic heterocycles. The molecule has 0 saturated carbocycles. The molecule has 0 radical (unpaired) electrons. The third kappa shape index (κ3) is 3.85. The first kappa shape index (κ1) is 17.9. The van der Waals surface area contributed by atoms with Gasteiger partial charge in [-0.05, 0) is 36.5 Å². The molecule has 25 heavy (non-hydrogen) atoms. The van der Waals surface area contributed by atoms with E-state index in [4.69, 9.17) is 17.0 Å². The quantitative estimate of drug-likeness (QED) is 0.783. The van der Waals surface area contributed by atoms with E-state index in [0.29, 0.717) is 35.3 Å². The summed E-state index contributed by atoms with van der Waals surface area (Å²) < 4.78 is 46.5. The Labute approximate surface area is 153 Å². The van der Waals surface area contributed by atoms with Gasteiger partial charge < -0.3 is 15.0 Å². The van der Waals surface area contributed by atoms with Gasteiger partial charge in [0.25, 0.3) is 0 Å². The molecule has 1 heterocycles. The lowest BCUT2D eigenvalue weighted by molar-refractivity contribution is 0.414. The van der Waals surface area contributed by atoms with Crippen molar-refractivity contribution in [1.82, 2.24) is 4.90 Å². The number of methoxy groups -OCH3 is 1. The Kier molecular flexibility index (Phi) is 5.39. The Hall–Kier alpha value is -1.93. The fourth-order valence-electron chi connectivity index (χ4n) is 2.58. The van der Waals surface area contributed by atoms with Crippen molar-refractivity contribution in [2.75, 3.05) is 24.7 Å². The highest BCUT2D eigenvalue weighted by Crippen LogP contribution is 2.40. The molecule has 1 fully saturated rings. The Morgan fingerprint density at radius 3 is 2.44 bits per heavy atom. The molecule has 0 aromatic heterocycles. The first-order chi connectivity index (χ1) is 12.0. The molecule has 1 aliphatic rings. The van der Waals surface area contributed by atoms with E-state index in [-0.39, 0.29) is 5.56 Å². The van der Waals surface area contributed by atoms with Gasteiger partial charge in [0, 0.05) is 30.1 Å². The zero-order chi connectivity index (χ0) is 18.0. The lowest BCUT2D eigenvalue weighted by atomic mass is 10.1. The van der Waals surface area contributed by atoms with E-state index in [1.54, 1.807) is 36.3 Å². The number of thioether (sulfide) groups is 1. The van der Waals surface area contributed by atoms with Crippen molar-refractivity contribution < 1.29 is 17.9 Å². The highest BCUT2D eigenvalue weighted by Gasteiger charge is 2.33. The third-order valence-corrected chi connectivity index (χ3v) is 5.34. The lowest BCUT2D eigenvalue weighted by Crippen LogP contribution is -2.34. The van der Waals surface area contributed by atoms with Crippen molar-refractivity contribution in [2.45, 2.75) is 5.37 Å². The number of nitrogens with one attached hydrogen (secondary N) is 1. The fourth-order valence-corrected chi connectivity index (χ4v) is 4.27. The van der Waals surface area contributed by atoms with E-state index in [1.165, 1.54) is 11.8 Å². The van der Waals surface area contributed by atoms with Gasteiger partial charge in [-0.15, -0.1) is 11.8 Å². The summed E-state index contributed by atoms with van der Waals surface area (Å²) in [6.45, 7) is 0.535. The van der Waals surface area contributed by atoms with Gasteiger partial charge in [-0.3, -0.25) is 0 Å². The van der Waals surface area contributed by atoms with Gasteiger partial charge in [0.05, 0.1) is 12.7 Å². The predicted octanol–water partition coefficient (Wildman–Crippen LogP) is 4.56. The molecule has 2 aromatic carbocycles. The van der Waals surface area contributed by atoms with Gasteiger partial charge in [-0.1, -0.05) is 0 Å². The number of rotatable bonds is 3. The van der Waals surface area contributed by atoms with Crippen LogP contribution in [0.1, 0.15) is 10.9 Å². The SMILES string of the molecule is COc1ccc(NC(=S)N2CCS[C@H]2c2c(F)cc(F)cc2F)cc1. The molecule has 0 bridgehead atoms. The summed E-state index contributed by atoms with van der Waals surface area (Å²) in [5, 5.41) is 2.77. The maximum Gasteiger partial charge on any atom is 0.174 e. The Morgan fingerprint density at radius 2 is 1.84 bits per heavy atom. The van der Waals surface area contributed by atoms with E-state index >= 15 is 0 Å². The zero-order valence-corrected chi connectivity index (χ0v) is 14.9. The van der Waals surface area contributed by atoms with Gasteiger partial charge in [0.1, 0.15) is 28.6 Å². The molecular weight excluding hydrogens is 369 g/mol. The van der Waals surface area contributed by atoms with Crippen LogP contribution >= 0.6 is 24.0 Å². The number of anilines is 1. The van der Waals surface area contributed by atoms with E-state index in [2.05, 4.69) is 5.32 Å². The van der Waals surface area contributed by atoms with Crippen molar-refractivity contribution in [1.29, 1.82) is 0 Å². The third-order valence-electron chi connectivity index (χ3n) is 3.78. The van der Waals surface area contributed by atoms with Crippen LogP contribution in [-0.2, 0) is 0 Å². The van der Waals surface area contributed by atoms with Crippen LogP contribution in [0.25, 0.3) is 0 Å². The van der Waals surface area contributed by atoms with E-state index in [1.807, 2.05) is 0 Å². The van der Waals surface area contributed by atoms with Crippen molar-refractivity contribution in [3.05, 3.63) is 59.4 Å². The second-order valence-corrected chi connectivity index (χ2v) is 6.93. The van der Waals surface area contributed by atoms with Gasteiger partial charge in [-0.25, -0.2) is 13.2 Å². The van der Waals surface area contributed by atoms with Crippen molar-refractivity contribution in [2.24, 2.45) is 0 Å². The molecule has 8 heteroatoms. The Balaban J connectivity index is 1.80. The molecule has 2 aromatic rings. The monoisotopic (exact) mass is 384 g/mol. The van der Waals surface area contributed by atoms with Gasteiger partial charge >= 0.3 is 0 Å². The van der Waals surface area contributed by atoms with Crippen molar-refractivity contribution in [3.63, 3.8) is 0 Å². The first-order valence-electron chi connectivity index (χ1n) is 7.47. The number of halogens is 3. The maximum atomic E-state index is 14.1. The summed E-state index contributed by atoms with van der Waals surface area (Å²) in [6, 6.07) is 8.52. The molecule has 3 rings (SSSR count). The van der Waals surface area contributed by atoms with Crippen LogP contribution in [0.15, 0.2) is 36.4 Å². The Bertz CT molecular complexity index is 763. The normalized spacial score (nSPS) is 16.8. The number of hydrogen-bond acceptors (Lipinski definition) is 3. The molecule has 3 nitrogen and oxygen atoms in total. The average molecular weight is 384 g/mol. The summed E-state index contributed by atoms with van der Waals surface area (Å²) in [4.78, 5) is 1.70. The topological polar surface area (TPSA) is 24.5 Å². The van der Waals surface area contributed by atoms with E-state index < -0.39 is 22.8 Å². The maximum absolute atomic E-state index is 14.1. The standard InChI is InChI=1S/C17H15F3N2OS2/c1-23-12-4-2-11(3-5-12)21-17(24)22-6-7-25-16(22)15-13(19)8-10(18)9-14(15)20/h2-5,8-9,16H,6-7H2,1H3,(H,21,24)/t16-/m0/s1. The second kappa shape index (κ2) is 7.53. The van der Waals surface area contributed by atoms with Crippen LogP contribution in [-0.4, -0.2) is 29.4 Å². The van der Waals surface area contributed by atoms with E-state index in [9.17, 15) is 13.2 Å². The van der Waals surface area contributed by atoms with Crippen LogP contribution in [0.3, 0.4) is 0 Å². The number of thiocarbonyl (C=S) groups is 1. The minimum absolute atomic E-state index is 0.178. The molecule has 1 atom stereocenters. The molecule has 0 spiro atoms. The largest absolute Gasteiger partial charge is 0.497 e. The fraction of sp³-hybridized carbons (Fsp3) is 0.235. The van der Waals surface area contributed by atoms with Crippen molar-refractivity contribution >= 4 is 34.8 Å². The average Bonchev–Trinajstić information content (AvgIpc) is 3.04. The molecule has 132 valence electrons.